The first kappa shape index (κ1) is 23.2. The van der Waals surface area contributed by atoms with E-state index in [0.717, 1.165) is 55.2 Å². The van der Waals surface area contributed by atoms with Crippen molar-refractivity contribution in [3.05, 3.63) is 39.0 Å². The summed E-state index contributed by atoms with van der Waals surface area (Å²) in [5.74, 6) is 1.20. The molecule has 1 amide bonds. The first-order chi connectivity index (χ1) is 16.6. The molecular weight excluding hydrogens is 470 g/mol. The van der Waals surface area contributed by atoms with Crippen LogP contribution in [0, 0.1) is 0 Å². The van der Waals surface area contributed by atoms with E-state index in [0.29, 0.717) is 22.3 Å². The van der Waals surface area contributed by atoms with Gasteiger partial charge in [-0.3, -0.25) is 14.2 Å². The molecule has 2 heterocycles. The van der Waals surface area contributed by atoms with Crippen LogP contribution in [0.3, 0.4) is 0 Å². The predicted molar refractivity (Wildman–Crippen MR) is 137 cm³/mol. The fraction of sp³-hybridized carbons (Fsp3) is 0.480. The molecule has 9 heteroatoms. The molecule has 0 bridgehead atoms. The Labute approximate surface area is 206 Å². The molecule has 1 aromatic carbocycles. The maximum Gasteiger partial charge on any atom is 0.263 e. The van der Waals surface area contributed by atoms with Crippen LogP contribution in [0.5, 0.6) is 11.5 Å². The normalized spacial score (nSPS) is 15.9. The number of hydrogen-bond acceptors (Lipinski definition) is 7. The van der Waals surface area contributed by atoms with Gasteiger partial charge in [0, 0.05) is 34.8 Å². The van der Waals surface area contributed by atoms with Gasteiger partial charge in [-0.15, -0.1) is 11.3 Å². The number of carbonyl (C=O) groups is 1. The van der Waals surface area contributed by atoms with Crippen LogP contribution >= 0.6 is 23.1 Å². The molecule has 5 rings (SSSR count). The average Bonchev–Trinajstić information content (AvgIpc) is 3.50. The van der Waals surface area contributed by atoms with Gasteiger partial charge in [0.25, 0.3) is 5.56 Å². The lowest BCUT2D eigenvalue weighted by atomic mass is 9.97. The average molecular weight is 500 g/mol. The van der Waals surface area contributed by atoms with E-state index in [4.69, 9.17) is 14.5 Å². The highest BCUT2D eigenvalue weighted by Gasteiger charge is 2.27. The zero-order valence-electron chi connectivity index (χ0n) is 19.5. The lowest BCUT2D eigenvalue weighted by Gasteiger charge is -2.18. The van der Waals surface area contributed by atoms with Crippen LogP contribution in [0.15, 0.2) is 28.2 Å². The molecule has 1 fully saturated rings. The minimum atomic E-state index is -0.168. The van der Waals surface area contributed by atoms with Crippen molar-refractivity contribution in [1.82, 2.24) is 9.55 Å². The van der Waals surface area contributed by atoms with E-state index in [1.807, 2.05) is 4.57 Å². The van der Waals surface area contributed by atoms with Crippen molar-refractivity contribution < 1.29 is 14.3 Å². The van der Waals surface area contributed by atoms with E-state index in [1.165, 1.54) is 28.6 Å². The monoisotopic (exact) mass is 499 g/mol. The van der Waals surface area contributed by atoms with Crippen molar-refractivity contribution in [2.75, 3.05) is 25.3 Å². The SMILES string of the molecule is COc1cc(NC(=O)CSc2nc3sc4c(c3c(=O)n2C2CCCC2)CCCC4)cc(OC)c1. The number of nitrogens with one attached hydrogen (secondary N) is 1. The zero-order valence-corrected chi connectivity index (χ0v) is 21.2. The molecule has 2 aromatic heterocycles. The van der Waals surface area contributed by atoms with E-state index >= 15 is 0 Å². The molecule has 180 valence electrons. The first-order valence-corrected chi connectivity index (χ1v) is 13.6. The lowest BCUT2D eigenvalue weighted by molar-refractivity contribution is -0.113. The van der Waals surface area contributed by atoms with Crippen LogP contribution in [-0.4, -0.2) is 35.4 Å². The van der Waals surface area contributed by atoms with Gasteiger partial charge in [-0.05, 0) is 44.1 Å². The quantitative estimate of drug-likeness (QED) is 0.355. The molecule has 3 aromatic rings. The van der Waals surface area contributed by atoms with Crippen molar-refractivity contribution in [2.45, 2.75) is 62.6 Å². The second kappa shape index (κ2) is 10.00. The molecule has 0 radical (unpaired) electrons. The number of ether oxygens (including phenoxy) is 2. The Morgan fingerprint density at radius 3 is 2.53 bits per heavy atom. The number of nitrogens with zero attached hydrogens (tertiary/aromatic N) is 2. The summed E-state index contributed by atoms with van der Waals surface area (Å²) in [5.41, 5.74) is 1.90. The second-order valence-electron chi connectivity index (χ2n) is 8.84. The highest BCUT2D eigenvalue weighted by Crippen LogP contribution is 2.37. The Morgan fingerprint density at radius 2 is 1.82 bits per heavy atom. The molecule has 0 unspecified atom stereocenters. The highest BCUT2D eigenvalue weighted by atomic mass is 32.2. The molecule has 1 N–H and O–H groups in total. The molecular formula is C25H29N3O4S2. The van der Waals surface area contributed by atoms with E-state index in [1.54, 1.807) is 43.8 Å². The summed E-state index contributed by atoms with van der Waals surface area (Å²) >= 11 is 3.00. The van der Waals surface area contributed by atoms with Gasteiger partial charge in [0.05, 0.1) is 25.4 Å². The lowest BCUT2D eigenvalue weighted by Crippen LogP contribution is -2.27. The topological polar surface area (TPSA) is 82.5 Å². The Balaban J connectivity index is 1.42. The third kappa shape index (κ3) is 4.55. The molecule has 0 saturated heterocycles. The van der Waals surface area contributed by atoms with Crippen molar-refractivity contribution in [3.8, 4) is 11.5 Å². The van der Waals surface area contributed by atoms with Gasteiger partial charge in [0.1, 0.15) is 16.3 Å². The number of aryl methyl sites for hydroxylation is 2. The molecule has 0 atom stereocenters. The number of fused-ring (bicyclic) bond motifs is 3. The van der Waals surface area contributed by atoms with E-state index < -0.39 is 0 Å². The van der Waals surface area contributed by atoms with Crippen LogP contribution in [-0.2, 0) is 17.6 Å². The number of thioether (sulfide) groups is 1. The molecule has 1 saturated carbocycles. The Hall–Kier alpha value is -2.52. The second-order valence-corrected chi connectivity index (χ2v) is 10.9. The van der Waals surface area contributed by atoms with Crippen LogP contribution in [0.25, 0.3) is 10.2 Å². The number of rotatable bonds is 7. The fourth-order valence-electron chi connectivity index (χ4n) is 4.99. The number of aromatic nitrogens is 2. The van der Waals surface area contributed by atoms with Crippen molar-refractivity contribution in [2.24, 2.45) is 0 Å². The minimum Gasteiger partial charge on any atom is -0.497 e. The van der Waals surface area contributed by atoms with Gasteiger partial charge >= 0.3 is 0 Å². The third-order valence-corrected chi connectivity index (χ3v) is 8.78. The highest BCUT2D eigenvalue weighted by molar-refractivity contribution is 7.99. The molecule has 34 heavy (non-hydrogen) atoms. The summed E-state index contributed by atoms with van der Waals surface area (Å²) in [4.78, 5) is 33.6. The van der Waals surface area contributed by atoms with E-state index in [2.05, 4.69) is 5.32 Å². The Kier molecular flexibility index (Phi) is 6.83. The summed E-state index contributed by atoms with van der Waals surface area (Å²) < 4.78 is 12.5. The van der Waals surface area contributed by atoms with Gasteiger partial charge in [0.15, 0.2) is 5.16 Å². The van der Waals surface area contributed by atoms with Gasteiger partial charge in [-0.25, -0.2) is 4.98 Å². The predicted octanol–water partition coefficient (Wildman–Crippen LogP) is 5.20. The van der Waals surface area contributed by atoms with Gasteiger partial charge in [-0.2, -0.15) is 0 Å². The van der Waals surface area contributed by atoms with Crippen molar-refractivity contribution in [1.29, 1.82) is 0 Å². The third-order valence-electron chi connectivity index (χ3n) is 6.65. The number of methoxy groups -OCH3 is 2. The van der Waals surface area contributed by atoms with Crippen LogP contribution in [0.4, 0.5) is 5.69 Å². The summed E-state index contributed by atoms with van der Waals surface area (Å²) in [6.07, 6.45) is 8.54. The zero-order chi connectivity index (χ0) is 23.7. The Bertz CT molecular complexity index is 1260. The summed E-state index contributed by atoms with van der Waals surface area (Å²) in [6, 6.07) is 5.42. The first-order valence-electron chi connectivity index (χ1n) is 11.8. The number of anilines is 1. The standard InChI is InChI=1S/C25H29N3O4S2/c1-31-17-11-15(12-18(13-17)32-2)26-21(29)14-33-25-27-23-22(19-9-5-6-10-20(19)34-23)24(30)28(25)16-7-3-4-8-16/h11-13,16H,3-10,14H2,1-2H3,(H,26,29). The van der Waals surface area contributed by atoms with Gasteiger partial charge in [0.2, 0.25) is 5.91 Å². The van der Waals surface area contributed by atoms with E-state index in [-0.39, 0.29) is 23.3 Å². The number of thiophene rings is 1. The summed E-state index contributed by atoms with van der Waals surface area (Å²) in [5, 5.41) is 4.39. The summed E-state index contributed by atoms with van der Waals surface area (Å²) in [6.45, 7) is 0. The van der Waals surface area contributed by atoms with Crippen molar-refractivity contribution >= 4 is 44.9 Å². The number of hydrogen-bond donors (Lipinski definition) is 1. The molecule has 2 aliphatic rings. The largest absolute Gasteiger partial charge is 0.497 e. The molecule has 0 spiro atoms. The molecule has 0 aliphatic heterocycles. The van der Waals surface area contributed by atoms with Crippen LogP contribution in [0.1, 0.15) is 55.0 Å². The minimum absolute atomic E-state index is 0.0803. The number of carbonyl (C=O) groups excluding carboxylic acids is 1. The summed E-state index contributed by atoms with van der Waals surface area (Å²) in [7, 11) is 3.14. The number of amides is 1. The van der Waals surface area contributed by atoms with Gasteiger partial charge < -0.3 is 14.8 Å². The molecule has 7 nitrogen and oxygen atoms in total. The van der Waals surface area contributed by atoms with Gasteiger partial charge in [-0.1, -0.05) is 24.6 Å². The van der Waals surface area contributed by atoms with E-state index in [9.17, 15) is 9.59 Å². The van der Waals surface area contributed by atoms with Crippen LogP contribution < -0.4 is 20.3 Å². The fourth-order valence-corrected chi connectivity index (χ4v) is 7.16. The van der Waals surface area contributed by atoms with Crippen molar-refractivity contribution in [3.63, 3.8) is 0 Å². The maximum absolute atomic E-state index is 13.7. The Morgan fingerprint density at radius 1 is 1.12 bits per heavy atom. The number of benzene rings is 1. The van der Waals surface area contributed by atoms with Crippen LogP contribution in [0.2, 0.25) is 0 Å². The maximum atomic E-state index is 13.7. The smallest absolute Gasteiger partial charge is 0.263 e. The molecule has 2 aliphatic carbocycles.